The van der Waals surface area contributed by atoms with E-state index in [9.17, 15) is 4.79 Å². The number of nitrogens with one attached hydrogen (secondary N) is 1. The first-order valence-electron chi connectivity index (χ1n) is 5.97. The predicted molar refractivity (Wildman–Crippen MR) is 75.8 cm³/mol. The molecule has 2 bridgehead atoms. The summed E-state index contributed by atoms with van der Waals surface area (Å²) < 4.78 is 5.38. The normalized spacial score (nSPS) is 30.4. The third-order valence-corrected chi connectivity index (χ3v) is 3.91. The number of nitrogens with two attached hydrogens (primary N) is 1. The van der Waals surface area contributed by atoms with Gasteiger partial charge in [0.1, 0.15) is 5.75 Å². The molecule has 0 radical (unpaired) electrons. The molecule has 3 aliphatic carbocycles. The smallest absolute Gasteiger partial charge is 0.258 e. The summed E-state index contributed by atoms with van der Waals surface area (Å²) in [7, 11) is 0. The average molecular weight is 303 g/mol. The van der Waals surface area contributed by atoms with E-state index in [-0.39, 0.29) is 36.0 Å². The molecule has 4 nitrogen and oxygen atoms in total. The van der Waals surface area contributed by atoms with Crippen LogP contribution in [0.4, 0.5) is 0 Å². The number of carbonyl (C=O) groups is 1. The number of carbonyl (C=O) groups excluding carboxylic acids is 1. The number of halogens is 2. The van der Waals surface area contributed by atoms with Crippen molar-refractivity contribution in [3.8, 4) is 5.75 Å². The molecule has 1 aromatic rings. The molecule has 0 spiro atoms. The second-order valence-corrected chi connectivity index (χ2v) is 5.90. The summed E-state index contributed by atoms with van der Waals surface area (Å²) in [6.07, 6.45) is 2.69. The summed E-state index contributed by atoms with van der Waals surface area (Å²) in [4.78, 5) is 11.7. The first-order valence-corrected chi connectivity index (χ1v) is 6.35. The average Bonchev–Trinajstić information content (AvgIpc) is 2.25. The number of hydrogen-bond donors (Lipinski definition) is 2. The molecule has 0 unspecified atom stereocenters. The summed E-state index contributed by atoms with van der Waals surface area (Å²) >= 11 is 5.76. The van der Waals surface area contributed by atoms with E-state index in [2.05, 4.69) is 5.32 Å². The zero-order valence-electron chi connectivity index (χ0n) is 10.3. The second-order valence-electron chi connectivity index (χ2n) is 5.46. The van der Waals surface area contributed by atoms with Crippen LogP contribution >= 0.6 is 24.0 Å². The molecule has 3 N–H and O–H groups in total. The van der Waals surface area contributed by atoms with Gasteiger partial charge in [-0.2, -0.15) is 0 Å². The third-order valence-electron chi connectivity index (χ3n) is 3.66. The lowest BCUT2D eigenvalue weighted by atomic mass is 9.44. The molecule has 3 fully saturated rings. The van der Waals surface area contributed by atoms with Crippen molar-refractivity contribution in [1.29, 1.82) is 0 Å². The number of hydrogen-bond acceptors (Lipinski definition) is 3. The summed E-state index contributed by atoms with van der Waals surface area (Å²) in [6, 6.07) is 6.94. The van der Waals surface area contributed by atoms with Gasteiger partial charge in [-0.15, -0.1) is 12.4 Å². The van der Waals surface area contributed by atoms with Gasteiger partial charge in [0.05, 0.1) is 0 Å². The van der Waals surface area contributed by atoms with Crippen LogP contribution in [0, 0.1) is 0 Å². The highest BCUT2D eigenvalue weighted by Gasteiger charge is 2.66. The van der Waals surface area contributed by atoms with Crippen LogP contribution < -0.4 is 15.8 Å². The fraction of sp³-hybridized carbons (Fsp3) is 0.462. The molecule has 3 aliphatic rings. The van der Waals surface area contributed by atoms with Crippen molar-refractivity contribution in [1.82, 2.24) is 5.32 Å². The maximum atomic E-state index is 11.7. The van der Waals surface area contributed by atoms with Crippen molar-refractivity contribution >= 4 is 29.9 Å². The lowest BCUT2D eigenvalue weighted by Gasteiger charge is -2.68. The fourth-order valence-corrected chi connectivity index (χ4v) is 3.14. The van der Waals surface area contributed by atoms with Crippen molar-refractivity contribution in [2.24, 2.45) is 5.73 Å². The maximum Gasteiger partial charge on any atom is 0.258 e. The Hall–Kier alpha value is -0.970. The summed E-state index contributed by atoms with van der Waals surface area (Å²) in [5, 5.41) is 3.64. The van der Waals surface area contributed by atoms with Crippen LogP contribution in [0.5, 0.6) is 5.75 Å². The van der Waals surface area contributed by atoms with E-state index in [1.807, 2.05) is 0 Å². The van der Waals surface area contributed by atoms with E-state index >= 15 is 0 Å². The van der Waals surface area contributed by atoms with Crippen molar-refractivity contribution in [3.63, 3.8) is 0 Å². The van der Waals surface area contributed by atoms with Crippen LogP contribution in [0.1, 0.15) is 19.3 Å². The minimum Gasteiger partial charge on any atom is -0.484 e. The quantitative estimate of drug-likeness (QED) is 0.893. The molecule has 0 atom stereocenters. The molecule has 1 amide bonds. The van der Waals surface area contributed by atoms with Crippen LogP contribution in [-0.2, 0) is 4.79 Å². The van der Waals surface area contributed by atoms with Crippen LogP contribution in [0.25, 0.3) is 0 Å². The van der Waals surface area contributed by atoms with Gasteiger partial charge in [-0.25, -0.2) is 0 Å². The van der Waals surface area contributed by atoms with Gasteiger partial charge in [-0.1, -0.05) is 11.6 Å². The molecule has 19 heavy (non-hydrogen) atoms. The highest BCUT2D eigenvalue weighted by atomic mass is 35.5. The molecular weight excluding hydrogens is 287 g/mol. The Morgan fingerprint density at radius 2 is 1.89 bits per heavy atom. The van der Waals surface area contributed by atoms with Gasteiger partial charge in [0.2, 0.25) is 0 Å². The zero-order chi connectivity index (χ0) is 12.8. The van der Waals surface area contributed by atoms with Crippen LogP contribution in [0.3, 0.4) is 0 Å². The molecule has 0 aromatic heterocycles. The summed E-state index contributed by atoms with van der Waals surface area (Å²) in [5.41, 5.74) is 5.90. The molecule has 6 heteroatoms. The van der Waals surface area contributed by atoms with Crippen molar-refractivity contribution in [2.45, 2.75) is 30.3 Å². The van der Waals surface area contributed by atoms with E-state index in [4.69, 9.17) is 22.1 Å². The molecule has 0 aliphatic heterocycles. The first-order chi connectivity index (χ1) is 8.49. The lowest BCUT2D eigenvalue weighted by Crippen LogP contribution is -2.82. The van der Waals surface area contributed by atoms with E-state index in [1.54, 1.807) is 24.3 Å². The summed E-state index contributed by atoms with van der Waals surface area (Å²) in [6.45, 7) is 0.0287. The van der Waals surface area contributed by atoms with E-state index in [1.165, 1.54) is 0 Å². The minimum atomic E-state index is -0.0910. The molecular formula is C13H16Cl2N2O2. The number of ether oxygens (including phenoxy) is 1. The van der Waals surface area contributed by atoms with Crippen molar-refractivity contribution in [3.05, 3.63) is 29.3 Å². The monoisotopic (exact) mass is 302 g/mol. The first kappa shape index (κ1) is 14.4. The highest BCUT2D eigenvalue weighted by Crippen LogP contribution is 2.58. The van der Waals surface area contributed by atoms with E-state index in [0.717, 1.165) is 19.3 Å². The van der Waals surface area contributed by atoms with Crippen LogP contribution in [0.15, 0.2) is 24.3 Å². The Labute approximate surface area is 123 Å². The Morgan fingerprint density at radius 1 is 1.32 bits per heavy atom. The Balaban J connectivity index is 0.00000133. The number of amides is 1. The molecule has 0 heterocycles. The van der Waals surface area contributed by atoms with Crippen LogP contribution in [-0.4, -0.2) is 23.6 Å². The lowest BCUT2D eigenvalue weighted by molar-refractivity contribution is -0.137. The van der Waals surface area contributed by atoms with Gasteiger partial charge in [0.15, 0.2) is 6.61 Å². The fourth-order valence-electron chi connectivity index (χ4n) is 3.01. The minimum absolute atomic E-state index is 0. The maximum absolute atomic E-state index is 11.7. The number of rotatable bonds is 4. The van der Waals surface area contributed by atoms with E-state index < -0.39 is 0 Å². The van der Waals surface area contributed by atoms with Gasteiger partial charge in [0, 0.05) is 16.1 Å². The molecule has 4 rings (SSSR count). The largest absolute Gasteiger partial charge is 0.484 e. The molecule has 3 saturated carbocycles. The highest BCUT2D eigenvalue weighted by molar-refractivity contribution is 6.30. The Morgan fingerprint density at radius 3 is 2.42 bits per heavy atom. The topological polar surface area (TPSA) is 64.3 Å². The Kier molecular flexibility index (Phi) is 3.69. The van der Waals surface area contributed by atoms with Gasteiger partial charge in [-0.3, -0.25) is 4.79 Å². The number of benzene rings is 1. The predicted octanol–water partition coefficient (Wildman–Crippen LogP) is 1.89. The Bertz CT molecular complexity index is 470. The van der Waals surface area contributed by atoms with Crippen LogP contribution in [0.2, 0.25) is 5.02 Å². The van der Waals surface area contributed by atoms with Crippen molar-refractivity contribution in [2.75, 3.05) is 6.61 Å². The molecule has 1 aromatic carbocycles. The van der Waals surface area contributed by atoms with Gasteiger partial charge >= 0.3 is 0 Å². The van der Waals surface area contributed by atoms with Gasteiger partial charge in [0.25, 0.3) is 5.91 Å². The van der Waals surface area contributed by atoms with Gasteiger partial charge < -0.3 is 15.8 Å². The SMILES string of the molecule is Cl.NC12CC(NC(=O)COc3ccc(Cl)cc3)(C1)C2. The van der Waals surface area contributed by atoms with Crippen molar-refractivity contribution < 1.29 is 9.53 Å². The second kappa shape index (κ2) is 4.85. The van der Waals surface area contributed by atoms with E-state index in [0.29, 0.717) is 10.8 Å². The zero-order valence-corrected chi connectivity index (χ0v) is 11.9. The summed E-state index contributed by atoms with van der Waals surface area (Å²) in [5.74, 6) is 0.550. The molecule has 104 valence electrons. The standard InChI is InChI=1S/C13H15ClN2O2.ClH/c14-9-1-3-10(4-2-9)18-5-11(17)16-13-6-12(15,7-13)8-13;/h1-4H,5-8,15H2,(H,16,17);1H. The van der Waals surface area contributed by atoms with Gasteiger partial charge in [-0.05, 0) is 43.5 Å². The third kappa shape index (κ3) is 2.81. The molecule has 0 saturated heterocycles.